The molecule has 1 amide bonds. The first-order chi connectivity index (χ1) is 16.8. The maximum absolute atomic E-state index is 13.1. The van der Waals surface area contributed by atoms with Crippen LogP contribution in [0.15, 0.2) is 77.7 Å². The molecule has 0 radical (unpaired) electrons. The zero-order valence-electron chi connectivity index (χ0n) is 19.9. The Morgan fingerprint density at radius 1 is 0.971 bits per heavy atom. The fourth-order valence-electron chi connectivity index (χ4n) is 3.89. The number of nitrogens with one attached hydrogen (secondary N) is 1. The second-order valence-electron chi connectivity index (χ2n) is 8.63. The molecule has 0 saturated carbocycles. The molecule has 0 spiro atoms. The number of rotatable bonds is 8. The van der Waals surface area contributed by atoms with Gasteiger partial charge >= 0.3 is 0 Å². The molecule has 1 aliphatic heterocycles. The second-order valence-corrected chi connectivity index (χ2v) is 10.6. The van der Waals surface area contributed by atoms with Crippen LogP contribution in [0.2, 0.25) is 0 Å². The quantitative estimate of drug-likeness (QED) is 0.504. The molecule has 0 aliphatic carbocycles. The predicted molar refractivity (Wildman–Crippen MR) is 136 cm³/mol. The normalized spacial score (nSPS) is 14.6. The molecule has 3 aromatic rings. The van der Waals surface area contributed by atoms with Crippen LogP contribution in [0.1, 0.15) is 19.4 Å². The number of amides is 1. The van der Waals surface area contributed by atoms with Crippen molar-refractivity contribution in [2.45, 2.75) is 31.3 Å². The van der Waals surface area contributed by atoms with Gasteiger partial charge in [-0.1, -0.05) is 54.6 Å². The molecule has 8 heteroatoms. The molecule has 0 unspecified atom stereocenters. The van der Waals surface area contributed by atoms with Crippen LogP contribution in [0.3, 0.4) is 0 Å². The van der Waals surface area contributed by atoms with E-state index in [4.69, 9.17) is 9.47 Å². The van der Waals surface area contributed by atoms with Crippen molar-refractivity contribution in [1.82, 2.24) is 4.31 Å². The van der Waals surface area contributed by atoms with E-state index in [1.807, 2.05) is 68.4 Å². The molecule has 1 heterocycles. The fraction of sp³-hybridized carbons (Fsp3) is 0.296. The lowest BCUT2D eigenvalue weighted by molar-refractivity contribution is -0.115. The zero-order chi connectivity index (χ0) is 24.8. The lowest BCUT2D eigenvalue weighted by Gasteiger charge is -2.26. The fourth-order valence-corrected chi connectivity index (χ4v) is 5.32. The summed E-state index contributed by atoms with van der Waals surface area (Å²) in [6, 6.07) is 22.4. The van der Waals surface area contributed by atoms with Crippen LogP contribution in [0.25, 0.3) is 11.1 Å². The maximum Gasteiger partial charge on any atom is 0.243 e. The van der Waals surface area contributed by atoms with E-state index >= 15 is 0 Å². The Morgan fingerprint density at radius 3 is 2.29 bits per heavy atom. The zero-order valence-corrected chi connectivity index (χ0v) is 20.8. The summed E-state index contributed by atoms with van der Waals surface area (Å²) in [5, 5.41) is 2.85. The minimum absolute atomic E-state index is 0.109. The molecule has 1 fully saturated rings. The Balaban J connectivity index is 1.52. The second kappa shape index (κ2) is 11.0. The first-order valence-corrected chi connectivity index (χ1v) is 13.1. The number of anilines is 1. The van der Waals surface area contributed by atoms with Gasteiger partial charge in [-0.15, -0.1) is 0 Å². The van der Waals surface area contributed by atoms with E-state index in [2.05, 4.69) is 5.32 Å². The summed E-state index contributed by atoms with van der Waals surface area (Å²) in [4.78, 5) is 13.0. The molecule has 0 atom stereocenters. The van der Waals surface area contributed by atoms with Crippen molar-refractivity contribution in [2.75, 3.05) is 31.6 Å². The van der Waals surface area contributed by atoms with E-state index in [1.54, 1.807) is 6.07 Å². The van der Waals surface area contributed by atoms with Crippen molar-refractivity contribution in [3.8, 4) is 16.9 Å². The average molecular weight is 495 g/mol. The number of ether oxygens (including phenoxy) is 2. The third-order valence-electron chi connectivity index (χ3n) is 5.62. The maximum atomic E-state index is 13.1. The van der Waals surface area contributed by atoms with Crippen molar-refractivity contribution in [3.05, 3.63) is 78.4 Å². The Kier molecular flexibility index (Phi) is 7.85. The Morgan fingerprint density at radius 2 is 1.63 bits per heavy atom. The first-order valence-electron chi connectivity index (χ1n) is 11.7. The molecule has 3 aromatic carbocycles. The Bertz CT molecular complexity index is 1250. The summed E-state index contributed by atoms with van der Waals surface area (Å²) in [7, 11) is -3.71. The van der Waals surface area contributed by atoms with Crippen molar-refractivity contribution < 1.29 is 22.7 Å². The lowest BCUT2D eigenvalue weighted by Crippen LogP contribution is -2.40. The largest absolute Gasteiger partial charge is 0.489 e. The van der Waals surface area contributed by atoms with Crippen LogP contribution in [-0.2, 0) is 26.0 Å². The van der Waals surface area contributed by atoms with Gasteiger partial charge in [0.25, 0.3) is 0 Å². The van der Waals surface area contributed by atoms with E-state index in [0.29, 0.717) is 37.7 Å². The van der Waals surface area contributed by atoms with Gasteiger partial charge in [-0.05, 0) is 48.7 Å². The number of carbonyl (C=O) groups excluding carboxylic acids is 1. The SMILES string of the molecule is CC(C)Oc1ccc(S(=O)(=O)N2CCOCC2)cc1NC(=O)Cc1ccc(-c2ccccc2)cc1. The van der Waals surface area contributed by atoms with Gasteiger partial charge in [0.2, 0.25) is 15.9 Å². The summed E-state index contributed by atoms with van der Waals surface area (Å²) in [5.41, 5.74) is 3.37. The van der Waals surface area contributed by atoms with E-state index in [9.17, 15) is 13.2 Å². The predicted octanol–water partition coefficient (Wildman–Crippen LogP) is 4.34. The highest BCUT2D eigenvalue weighted by Gasteiger charge is 2.27. The molecule has 1 N–H and O–H groups in total. The molecular weight excluding hydrogens is 464 g/mol. The van der Waals surface area contributed by atoms with Crippen molar-refractivity contribution >= 4 is 21.6 Å². The van der Waals surface area contributed by atoms with Gasteiger partial charge in [-0.25, -0.2) is 8.42 Å². The van der Waals surface area contributed by atoms with Gasteiger partial charge < -0.3 is 14.8 Å². The van der Waals surface area contributed by atoms with Gasteiger partial charge in [0, 0.05) is 13.1 Å². The number of benzene rings is 3. The summed E-state index contributed by atoms with van der Waals surface area (Å²) >= 11 is 0. The first kappa shape index (κ1) is 24.9. The summed E-state index contributed by atoms with van der Waals surface area (Å²) in [6.07, 6.45) is 0.00859. The molecule has 7 nitrogen and oxygen atoms in total. The smallest absolute Gasteiger partial charge is 0.243 e. The minimum Gasteiger partial charge on any atom is -0.489 e. The van der Waals surface area contributed by atoms with Crippen LogP contribution in [0.4, 0.5) is 5.69 Å². The number of hydrogen-bond donors (Lipinski definition) is 1. The van der Waals surface area contributed by atoms with Gasteiger partial charge in [0.1, 0.15) is 5.75 Å². The highest BCUT2D eigenvalue weighted by molar-refractivity contribution is 7.89. The molecule has 1 aliphatic rings. The van der Waals surface area contributed by atoms with Gasteiger partial charge in [-0.3, -0.25) is 4.79 Å². The van der Waals surface area contributed by atoms with Crippen molar-refractivity contribution in [2.24, 2.45) is 0 Å². The number of nitrogens with zero attached hydrogens (tertiary/aromatic N) is 1. The van der Waals surface area contributed by atoms with Gasteiger partial charge in [-0.2, -0.15) is 4.31 Å². The average Bonchev–Trinajstić information content (AvgIpc) is 2.86. The molecule has 1 saturated heterocycles. The molecule has 35 heavy (non-hydrogen) atoms. The Labute approximate surface area is 206 Å². The standard InChI is InChI=1S/C27H30N2O5S/c1-20(2)34-26-13-12-24(35(31,32)29-14-16-33-17-15-29)19-25(26)28-27(30)18-21-8-10-23(11-9-21)22-6-4-3-5-7-22/h3-13,19-20H,14-18H2,1-2H3,(H,28,30). The number of hydrogen-bond acceptors (Lipinski definition) is 5. The highest BCUT2D eigenvalue weighted by atomic mass is 32.2. The topological polar surface area (TPSA) is 84.9 Å². The molecule has 0 aromatic heterocycles. The molecule has 184 valence electrons. The van der Waals surface area contributed by atoms with Crippen LogP contribution >= 0.6 is 0 Å². The lowest BCUT2D eigenvalue weighted by atomic mass is 10.0. The van der Waals surface area contributed by atoms with Gasteiger partial charge in [0.15, 0.2) is 0 Å². The summed E-state index contributed by atoms with van der Waals surface area (Å²) < 4.78 is 38.7. The molecular formula is C27H30N2O5S. The third-order valence-corrected chi connectivity index (χ3v) is 7.52. The number of carbonyl (C=O) groups is 1. The van der Waals surface area contributed by atoms with E-state index < -0.39 is 10.0 Å². The van der Waals surface area contributed by atoms with Gasteiger partial charge in [0.05, 0.1) is 36.3 Å². The number of sulfonamides is 1. The van der Waals surface area contributed by atoms with Crippen LogP contribution < -0.4 is 10.1 Å². The third kappa shape index (κ3) is 6.28. The monoisotopic (exact) mass is 494 g/mol. The molecule has 0 bridgehead atoms. The molecule has 4 rings (SSSR count). The highest BCUT2D eigenvalue weighted by Crippen LogP contribution is 2.30. The van der Waals surface area contributed by atoms with Crippen LogP contribution in [-0.4, -0.2) is 51.0 Å². The Hall–Kier alpha value is -3.20. The summed E-state index contributed by atoms with van der Waals surface area (Å²) in [6.45, 7) is 5.07. The van der Waals surface area contributed by atoms with E-state index in [1.165, 1.54) is 16.4 Å². The summed E-state index contributed by atoms with van der Waals surface area (Å²) in [5.74, 6) is 0.167. The minimum atomic E-state index is -3.71. The van der Waals surface area contributed by atoms with E-state index in [0.717, 1.165) is 16.7 Å². The van der Waals surface area contributed by atoms with Crippen molar-refractivity contribution in [3.63, 3.8) is 0 Å². The van der Waals surface area contributed by atoms with Crippen molar-refractivity contribution in [1.29, 1.82) is 0 Å². The van der Waals surface area contributed by atoms with E-state index in [-0.39, 0.29) is 23.3 Å². The number of morpholine rings is 1. The van der Waals surface area contributed by atoms with Crippen LogP contribution in [0, 0.1) is 0 Å². The van der Waals surface area contributed by atoms with Crippen LogP contribution in [0.5, 0.6) is 5.75 Å².